The van der Waals surface area contributed by atoms with Gasteiger partial charge in [0.2, 0.25) is 5.91 Å². The quantitative estimate of drug-likeness (QED) is 0.279. The van der Waals surface area contributed by atoms with Crippen molar-refractivity contribution in [3.8, 4) is 11.5 Å². The average molecular weight is 503 g/mol. The lowest BCUT2D eigenvalue weighted by Gasteiger charge is -2.13. The van der Waals surface area contributed by atoms with E-state index in [0.29, 0.717) is 28.3 Å². The van der Waals surface area contributed by atoms with Crippen LogP contribution in [0.3, 0.4) is 0 Å². The molecule has 0 aromatic heterocycles. The summed E-state index contributed by atoms with van der Waals surface area (Å²) in [4.78, 5) is 51.0. The van der Waals surface area contributed by atoms with Crippen LogP contribution in [-0.2, 0) is 9.59 Å². The normalized spacial score (nSPS) is 14.2. The van der Waals surface area contributed by atoms with Crippen LogP contribution in [0.4, 0.5) is 10.5 Å². The van der Waals surface area contributed by atoms with Crippen LogP contribution in [0, 0.1) is 6.92 Å². The molecular formula is C27H22N2O6S. The minimum absolute atomic E-state index is 0.201. The number of rotatable bonds is 7. The number of aryl methyl sites for hydroxylation is 1. The van der Waals surface area contributed by atoms with E-state index in [1.165, 1.54) is 0 Å². The first-order chi connectivity index (χ1) is 17.3. The fraction of sp³-hybridized carbons (Fsp3) is 0.111. The number of esters is 1. The molecule has 0 bridgehead atoms. The van der Waals surface area contributed by atoms with Gasteiger partial charge in [-0.15, -0.1) is 0 Å². The summed E-state index contributed by atoms with van der Waals surface area (Å²) >= 11 is 0.766. The van der Waals surface area contributed by atoms with E-state index in [1.807, 2.05) is 19.1 Å². The number of imide groups is 1. The van der Waals surface area contributed by atoms with Crippen LogP contribution >= 0.6 is 11.8 Å². The molecule has 0 atom stereocenters. The van der Waals surface area contributed by atoms with Crippen LogP contribution in [0.25, 0.3) is 6.08 Å². The van der Waals surface area contributed by atoms with Gasteiger partial charge in [-0.25, -0.2) is 4.79 Å². The lowest BCUT2D eigenvalue weighted by Crippen LogP contribution is -2.36. The third-order valence-corrected chi connectivity index (χ3v) is 6.22. The van der Waals surface area contributed by atoms with E-state index in [-0.39, 0.29) is 11.4 Å². The van der Waals surface area contributed by atoms with Crippen LogP contribution in [0.1, 0.15) is 21.5 Å². The van der Waals surface area contributed by atoms with Gasteiger partial charge in [-0.3, -0.25) is 19.3 Å². The number of para-hydroxylation sites is 1. The van der Waals surface area contributed by atoms with E-state index in [4.69, 9.17) is 9.47 Å². The Hall–Kier alpha value is -4.37. The zero-order chi connectivity index (χ0) is 25.7. The number of anilines is 1. The van der Waals surface area contributed by atoms with Crippen LogP contribution in [0.15, 0.2) is 77.7 Å². The molecule has 3 aromatic rings. The molecule has 3 amide bonds. The summed E-state index contributed by atoms with van der Waals surface area (Å²) in [6.45, 7) is 1.47. The molecule has 0 saturated carbocycles. The highest BCUT2D eigenvalue weighted by atomic mass is 32.2. The number of thioether (sulfide) groups is 1. The van der Waals surface area contributed by atoms with Crippen molar-refractivity contribution in [3.63, 3.8) is 0 Å². The number of carbonyl (C=O) groups is 4. The average Bonchev–Trinajstić information content (AvgIpc) is 3.13. The molecule has 1 saturated heterocycles. The lowest BCUT2D eigenvalue weighted by molar-refractivity contribution is -0.127. The largest absolute Gasteiger partial charge is 0.497 e. The Morgan fingerprint density at radius 3 is 2.28 bits per heavy atom. The van der Waals surface area contributed by atoms with Gasteiger partial charge in [-0.1, -0.05) is 30.3 Å². The Labute approximate surface area is 211 Å². The molecule has 3 aromatic carbocycles. The molecule has 9 heteroatoms. The van der Waals surface area contributed by atoms with Crippen molar-refractivity contribution in [2.45, 2.75) is 6.92 Å². The Balaban J connectivity index is 1.38. The minimum Gasteiger partial charge on any atom is -0.497 e. The monoisotopic (exact) mass is 502 g/mol. The topological polar surface area (TPSA) is 102 Å². The summed E-state index contributed by atoms with van der Waals surface area (Å²) in [7, 11) is 1.54. The predicted octanol–water partition coefficient (Wildman–Crippen LogP) is 4.90. The summed E-state index contributed by atoms with van der Waals surface area (Å²) in [5.74, 6) is -0.562. The number of carbonyl (C=O) groups excluding carboxylic acids is 4. The second kappa shape index (κ2) is 10.9. The van der Waals surface area contributed by atoms with Gasteiger partial charge in [0, 0.05) is 5.69 Å². The maximum Gasteiger partial charge on any atom is 0.343 e. The Morgan fingerprint density at radius 1 is 0.944 bits per heavy atom. The summed E-state index contributed by atoms with van der Waals surface area (Å²) in [5.41, 5.74) is 2.50. The second-order valence-corrected chi connectivity index (χ2v) is 8.81. The summed E-state index contributed by atoms with van der Waals surface area (Å²) in [6.07, 6.45) is 1.55. The Kier molecular flexibility index (Phi) is 7.50. The zero-order valence-corrected chi connectivity index (χ0v) is 20.3. The van der Waals surface area contributed by atoms with Crippen molar-refractivity contribution in [2.24, 2.45) is 0 Å². The minimum atomic E-state index is -0.542. The predicted molar refractivity (Wildman–Crippen MR) is 137 cm³/mol. The SMILES string of the molecule is COc1ccc(C(=O)Oc2ccc(/C=C3/SC(=O)N(CC(=O)Nc4ccccc4C)C3=O)cc2)cc1. The molecule has 0 radical (unpaired) electrons. The number of benzene rings is 3. The maximum absolute atomic E-state index is 12.7. The third-order valence-electron chi connectivity index (χ3n) is 5.31. The highest BCUT2D eigenvalue weighted by Crippen LogP contribution is 2.32. The Bertz CT molecular complexity index is 1350. The molecule has 1 aliphatic heterocycles. The van der Waals surface area contributed by atoms with Gasteiger partial charge in [-0.05, 0) is 78.4 Å². The van der Waals surface area contributed by atoms with Gasteiger partial charge in [-0.2, -0.15) is 0 Å². The van der Waals surface area contributed by atoms with E-state index < -0.39 is 23.0 Å². The number of nitrogens with zero attached hydrogens (tertiary/aromatic N) is 1. The van der Waals surface area contributed by atoms with E-state index in [2.05, 4.69) is 5.32 Å². The number of hydrogen-bond acceptors (Lipinski definition) is 7. The van der Waals surface area contributed by atoms with Gasteiger partial charge in [0.05, 0.1) is 17.6 Å². The Morgan fingerprint density at radius 2 is 1.61 bits per heavy atom. The molecule has 1 heterocycles. The highest BCUT2D eigenvalue weighted by Gasteiger charge is 2.36. The number of nitrogens with one attached hydrogen (secondary N) is 1. The molecule has 0 unspecified atom stereocenters. The molecule has 0 spiro atoms. The standard InChI is InChI=1S/C27H22N2O6S/c1-17-5-3-4-6-22(17)28-24(30)16-29-25(31)23(36-27(29)33)15-18-7-11-21(12-8-18)35-26(32)19-9-13-20(34-2)14-10-19/h3-15H,16H2,1-2H3,(H,28,30)/b23-15+. The van der Waals surface area contributed by atoms with Gasteiger partial charge in [0.1, 0.15) is 18.0 Å². The molecule has 4 rings (SSSR count). The van der Waals surface area contributed by atoms with Crippen LogP contribution < -0.4 is 14.8 Å². The van der Waals surface area contributed by atoms with Crippen molar-refractivity contribution >= 4 is 46.5 Å². The third kappa shape index (κ3) is 5.81. The van der Waals surface area contributed by atoms with Crippen LogP contribution in [0.5, 0.6) is 11.5 Å². The summed E-state index contributed by atoms with van der Waals surface area (Å²) in [5, 5.41) is 2.20. The first kappa shape index (κ1) is 24.7. The van der Waals surface area contributed by atoms with Gasteiger partial charge >= 0.3 is 5.97 Å². The summed E-state index contributed by atoms with van der Waals surface area (Å²) < 4.78 is 10.5. The molecule has 182 valence electrons. The molecular weight excluding hydrogens is 480 g/mol. The number of methoxy groups -OCH3 is 1. The lowest BCUT2D eigenvalue weighted by atomic mass is 10.2. The van der Waals surface area contributed by atoms with Gasteiger partial charge < -0.3 is 14.8 Å². The van der Waals surface area contributed by atoms with E-state index in [0.717, 1.165) is 22.2 Å². The molecule has 1 N–H and O–H groups in total. The van der Waals surface area contributed by atoms with Crippen molar-refractivity contribution in [1.29, 1.82) is 0 Å². The van der Waals surface area contributed by atoms with Crippen molar-refractivity contribution in [2.75, 3.05) is 19.0 Å². The maximum atomic E-state index is 12.7. The zero-order valence-electron chi connectivity index (χ0n) is 19.5. The van der Waals surface area contributed by atoms with Crippen LogP contribution in [0.2, 0.25) is 0 Å². The fourth-order valence-electron chi connectivity index (χ4n) is 3.36. The van der Waals surface area contributed by atoms with E-state index in [9.17, 15) is 19.2 Å². The first-order valence-corrected chi connectivity index (χ1v) is 11.7. The van der Waals surface area contributed by atoms with E-state index >= 15 is 0 Å². The van der Waals surface area contributed by atoms with Crippen molar-refractivity contribution in [1.82, 2.24) is 4.90 Å². The second-order valence-electron chi connectivity index (χ2n) is 7.82. The van der Waals surface area contributed by atoms with Crippen molar-refractivity contribution in [3.05, 3.63) is 94.4 Å². The number of ether oxygens (including phenoxy) is 2. The number of hydrogen-bond donors (Lipinski definition) is 1. The smallest absolute Gasteiger partial charge is 0.343 e. The molecule has 1 fully saturated rings. The van der Waals surface area contributed by atoms with Gasteiger partial charge in [0.15, 0.2) is 0 Å². The fourth-order valence-corrected chi connectivity index (χ4v) is 4.20. The van der Waals surface area contributed by atoms with E-state index in [1.54, 1.807) is 73.8 Å². The van der Waals surface area contributed by atoms with Crippen LogP contribution in [-0.4, -0.2) is 41.6 Å². The summed E-state index contributed by atoms with van der Waals surface area (Å²) in [6, 6.07) is 20.3. The van der Waals surface area contributed by atoms with Gasteiger partial charge in [0.25, 0.3) is 11.1 Å². The molecule has 36 heavy (non-hydrogen) atoms. The molecule has 1 aliphatic rings. The highest BCUT2D eigenvalue weighted by molar-refractivity contribution is 8.18. The van der Waals surface area contributed by atoms with Crippen molar-refractivity contribution < 1.29 is 28.7 Å². The number of amides is 3. The first-order valence-electron chi connectivity index (χ1n) is 10.9. The molecule has 8 nitrogen and oxygen atoms in total. The molecule has 0 aliphatic carbocycles.